The van der Waals surface area contributed by atoms with Gasteiger partial charge in [0.1, 0.15) is 12.4 Å². The van der Waals surface area contributed by atoms with Crippen molar-refractivity contribution in [1.29, 1.82) is 5.26 Å². The summed E-state index contributed by atoms with van der Waals surface area (Å²) < 4.78 is 5.86. The summed E-state index contributed by atoms with van der Waals surface area (Å²) in [6.45, 7) is 8.55. The van der Waals surface area contributed by atoms with Crippen LogP contribution in [-0.4, -0.2) is 17.0 Å². The van der Waals surface area contributed by atoms with E-state index in [1.165, 1.54) is 0 Å². The second kappa shape index (κ2) is 12.7. The third kappa shape index (κ3) is 8.22. The number of aliphatic carboxylic acids is 1. The Hall–Kier alpha value is -4.11. The number of benzene rings is 3. The molecule has 0 unspecified atom stereocenters. The van der Waals surface area contributed by atoms with Crippen molar-refractivity contribution >= 4 is 11.9 Å². The Morgan fingerprint density at radius 2 is 1.76 bits per heavy atom. The first-order chi connectivity index (χ1) is 17.6. The van der Waals surface area contributed by atoms with Gasteiger partial charge in [-0.3, -0.25) is 9.59 Å². The van der Waals surface area contributed by atoms with Crippen molar-refractivity contribution in [3.63, 3.8) is 0 Å². The van der Waals surface area contributed by atoms with Crippen molar-refractivity contribution in [2.45, 2.75) is 59.6 Å². The first kappa shape index (κ1) is 27.5. The molecule has 0 aromatic heterocycles. The molecule has 2 N–H and O–H groups in total. The SMILES string of the molecule is Cc1cc(C)cc([C@@H](CC(C)C)NC(=O)c2cc(COc3cccc(C#N)c3)ccc2CCC(=O)O)c1. The van der Waals surface area contributed by atoms with Gasteiger partial charge in [-0.1, -0.05) is 61.4 Å². The third-order valence-corrected chi connectivity index (χ3v) is 6.05. The van der Waals surface area contributed by atoms with E-state index in [1.807, 2.05) is 19.9 Å². The lowest BCUT2D eigenvalue weighted by Crippen LogP contribution is -2.30. The number of carboxylic acids is 1. The largest absolute Gasteiger partial charge is 0.489 e. The molecule has 0 aliphatic carbocycles. The number of aryl methyl sites for hydroxylation is 3. The van der Waals surface area contributed by atoms with Gasteiger partial charge in [-0.25, -0.2) is 0 Å². The molecular formula is C31H34N2O4. The summed E-state index contributed by atoms with van der Waals surface area (Å²) in [4.78, 5) is 24.9. The Labute approximate surface area is 218 Å². The van der Waals surface area contributed by atoms with E-state index < -0.39 is 5.97 Å². The number of hydrogen-bond donors (Lipinski definition) is 2. The van der Waals surface area contributed by atoms with Gasteiger partial charge in [0.25, 0.3) is 5.91 Å². The number of rotatable bonds is 11. The molecule has 6 heteroatoms. The number of carboxylic acid groups (broad SMARTS) is 1. The van der Waals surface area contributed by atoms with Crippen LogP contribution in [0.2, 0.25) is 0 Å². The Morgan fingerprint density at radius 3 is 2.41 bits per heavy atom. The van der Waals surface area contributed by atoms with Gasteiger partial charge in [-0.05, 0) is 73.6 Å². The normalized spacial score (nSPS) is 11.6. The van der Waals surface area contributed by atoms with Crippen LogP contribution in [0.4, 0.5) is 0 Å². The van der Waals surface area contributed by atoms with Gasteiger partial charge < -0.3 is 15.2 Å². The van der Waals surface area contributed by atoms with Crippen LogP contribution in [0.5, 0.6) is 5.75 Å². The standard InChI is InChI=1S/C31H34N2O4/c1-20(2)12-29(26-14-21(3)13-22(4)15-26)33-31(36)28-17-24(8-9-25(28)10-11-30(34)35)19-37-27-7-5-6-23(16-27)18-32/h5-9,13-17,20,29H,10-12,19H2,1-4H3,(H,33,36)(H,34,35)/t29-/m1/s1. The summed E-state index contributed by atoms with van der Waals surface area (Å²) in [6.07, 6.45) is 0.961. The van der Waals surface area contributed by atoms with Crippen molar-refractivity contribution < 1.29 is 19.4 Å². The van der Waals surface area contributed by atoms with Gasteiger partial charge >= 0.3 is 5.97 Å². The fraction of sp³-hybridized carbons (Fsp3) is 0.323. The van der Waals surface area contributed by atoms with Gasteiger partial charge in [-0.15, -0.1) is 0 Å². The fourth-order valence-electron chi connectivity index (χ4n) is 4.40. The average Bonchev–Trinajstić information content (AvgIpc) is 2.85. The molecule has 192 valence electrons. The zero-order valence-electron chi connectivity index (χ0n) is 21.9. The van der Waals surface area contributed by atoms with Gasteiger partial charge in [-0.2, -0.15) is 5.26 Å². The Morgan fingerprint density at radius 1 is 1.03 bits per heavy atom. The van der Waals surface area contributed by atoms with Crippen LogP contribution in [0.3, 0.4) is 0 Å². The molecule has 6 nitrogen and oxygen atoms in total. The van der Waals surface area contributed by atoms with Crippen molar-refractivity contribution in [2.75, 3.05) is 0 Å². The number of hydrogen-bond acceptors (Lipinski definition) is 4. The molecule has 3 aromatic rings. The maximum Gasteiger partial charge on any atom is 0.303 e. The van der Waals surface area contributed by atoms with Crippen molar-refractivity contribution in [3.05, 3.63) is 99.6 Å². The van der Waals surface area contributed by atoms with E-state index in [2.05, 4.69) is 43.4 Å². The molecule has 0 aliphatic heterocycles. The maximum absolute atomic E-state index is 13.6. The van der Waals surface area contributed by atoms with Crippen LogP contribution in [0.15, 0.2) is 60.7 Å². The minimum absolute atomic E-state index is 0.0659. The highest BCUT2D eigenvalue weighted by molar-refractivity contribution is 5.96. The van der Waals surface area contributed by atoms with E-state index in [9.17, 15) is 14.7 Å². The molecular weight excluding hydrogens is 464 g/mol. The fourth-order valence-corrected chi connectivity index (χ4v) is 4.40. The van der Waals surface area contributed by atoms with Crippen LogP contribution in [-0.2, 0) is 17.8 Å². The van der Waals surface area contributed by atoms with Crippen LogP contribution in [0, 0.1) is 31.1 Å². The summed E-state index contributed by atoms with van der Waals surface area (Å²) in [7, 11) is 0. The maximum atomic E-state index is 13.6. The number of nitriles is 1. The molecule has 37 heavy (non-hydrogen) atoms. The first-order valence-corrected chi connectivity index (χ1v) is 12.5. The average molecular weight is 499 g/mol. The monoisotopic (exact) mass is 498 g/mol. The van der Waals surface area contributed by atoms with Gasteiger partial charge in [0.05, 0.1) is 17.7 Å². The molecule has 3 aromatic carbocycles. The van der Waals surface area contributed by atoms with Gasteiger partial charge in [0.2, 0.25) is 0 Å². The molecule has 1 atom stereocenters. The van der Waals surface area contributed by atoms with E-state index in [4.69, 9.17) is 10.00 Å². The van der Waals surface area contributed by atoms with Crippen molar-refractivity contribution in [2.24, 2.45) is 5.92 Å². The molecule has 0 saturated heterocycles. The zero-order valence-corrected chi connectivity index (χ0v) is 21.9. The smallest absolute Gasteiger partial charge is 0.303 e. The number of carbonyl (C=O) groups excluding carboxylic acids is 1. The summed E-state index contributed by atoms with van der Waals surface area (Å²) in [5.74, 6) is -0.226. The number of carbonyl (C=O) groups is 2. The lowest BCUT2D eigenvalue weighted by molar-refractivity contribution is -0.136. The minimum Gasteiger partial charge on any atom is -0.489 e. The number of nitrogens with zero attached hydrogens (tertiary/aromatic N) is 1. The molecule has 0 heterocycles. The van der Waals surface area contributed by atoms with E-state index in [0.717, 1.165) is 28.7 Å². The highest BCUT2D eigenvalue weighted by Crippen LogP contribution is 2.25. The van der Waals surface area contributed by atoms with Crippen LogP contribution in [0.25, 0.3) is 0 Å². The predicted octanol–water partition coefficient (Wildman–Crippen LogP) is 6.29. The highest BCUT2D eigenvalue weighted by Gasteiger charge is 2.20. The van der Waals surface area contributed by atoms with Gasteiger partial charge in [0, 0.05) is 12.0 Å². The van der Waals surface area contributed by atoms with Crippen LogP contribution >= 0.6 is 0 Å². The van der Waals surface area contributed by atoms with Crippen molar-refractivity contribution in [3.8, 4) is 11.8 Å². The Kier molecular flexibility index (Phi) is 9.45. The zero-order chi connectivity index (χ0) is 26.9. The second-order valence-electron chi connectivity index (χ2n) is 9.89. The molecule has 0 radical (unpaired) electrons. The van der Waals surface area contributed by atoms with E-state index in [1.54, 1.807) is 36.4 Å². The molecule has 0 spiro atoms. The predicted molar refractivity (Wildman–Crippen MR) is 143 cm³/mol. The second-order valence-corrected chi connectivity index (χ2v) is 9.89. The topological polar surface area (TPSA) is 99.4 Å². The van der Waals surface area contributed by atoms with E-state index >= 15 is 0 Å². The molecule has 0 bridgehead atoms. The van der Waals surface area contributed by atoms with Crippen LogP contribution in [0.1, 0.15) is 76.5 Å². The van der Waals surface area contributed by atoms with E-state index in [-0.39, 0.29) is 31.4 Å². The first-order valence-electron chi connectivity index (χ1n) is 12.5. The van der Waals surface area contributed by atoms with Crippen LogP contribution < -0.4 is 10.1 Å². The molecule has 1 amide bonds. The minimum atomic E-state index is -0.913. The summed E-state index contributed by atoms with van der Waals surface area (Å²) in [6, 6.07) is 20.5. The third-order valence-electron chi connectivity index (χ3n) is 6.05. The summed E-state index contributed by atoms with van der Waals surface area (Å²) >= 11 is 0. The summed E-state index contributed by atoms with van der Waals surface area (Å²) in [5.41, 5.74) is 5.75. The van der Waals surface area contributed by atoms with E-state index in [0.29, 0.717) is 28.4 Å². The molecule has 0 saturated carbocycles. The number of nitrogens with one attached hydrogen (secondary N) is 1. The Bertz CT molecular complexity index is 1290. The van der Waals surface area contributed by atoms with Crippen molar-refractivity contribution in [1.82, 2.24) is 5.32 Å². The highest BCUT2D eigenvalue weighted by atomic mass is 16.5. The lowest BCUT2D eigenvalue weighted by Gasteiger charge is -2.23. The lowest BCUT2D eigenvalue weighted by atomic mass is 9.93. The molecule has 3 rings (SSSR count). The quantitative estimate of drug-likeness (QED) is 0.324. The Balaban J connectivity index is 1.89. The molecule has 0 aliphatic rings. The molecule has 0 fully saturated rings. The number of ether oxygens (including phenoxy) is 1. The number of amides is 1. The summed E-state index contributed by atoms with van der Waals surface area (Å²) in [5, 5.41) is 21.5. The van der Waals surface area contributed by atoms with Gasteiger partial charge in [0.15, 0.2) is 0 Å².